The summed E-state index contributed by atoms with van der Waals surface area (Å²) in [6.45, 7) is 0. The van der Waals surface area contributed by atoms with E-state index in [2.05, 4.69) is 5.32 Å². The first-order chi connectivity index (χ1) is 6.15. The molecule has 0 radical (unpaired) electrons. The molecular formula is C9H18N2O2. The zero-order valence-electron chi connectivity index (χ0n) is 7.99. The maximum atomic E-state index is 10.5. The molecule has 1 saturated carbocycles. The zero-order chi connectivity index (χ0) is 9.84. The van der Waals surface area contributed by atoms with Gasteiger partial charge in [0.1, 0.15) is 6.04 Å². The van der Waals surface area contributed by atoms with Crippen LogP contribution < -0.4 is 11.1 Å². The molecule has 13 heavy (non-hydrogen) atoms. The van der Waals surface area contributed by atoms with E-state index in [0.717, 1.165) is 0 Å². The summed E-state index contributed by atoms with van der Waals surface area (Å²) in [4.78, 5) is 10.5. The van der Waals surface area contributed by atoms with Crippen LogP contribution in [0.15, 0.2) is 0 Å². The molecule has 1 aliphatic rings. The molecule has 4 nitrogen and oxygen atoms in total. The van der Waals surface area contributed by atoms with Gasteiger partial charge in [0.25, 0.3) is 0 Å². The van der Waals surface area contributed by atoms with Gasteiger partial charge in [0.15, 0.2) is 0 Å². The zero-order valence-corrected chi connectivity index (χ0v) is 7.99. The monoisotopic (exact) mass is 186 g/mol. The number of carboxylic acid groups (broad SMARTS) is 1. The van der Waals surface area contributed by atoms with Gasteiger partial charge >= 0.3 is 5.97 Å². The van der Waals surface area contributed by atoms with E-state index in [0.29, 0.717) is 12.3 Å². The topological polar surface area (TPSA) is 75.3 Å². The molecule has 0 amide bonds. The predicted molar refractivity (Wildman–Crippen MR) is 50.4 cm³/mol. The molecule has 0 aromatic heterocycles. The standard InChI is InChI=1S/C9H18N2O2/c1-11-8(6-3-2-4-6)5-7(10)9(12)13/h6-8,11H,2-5,10H2,1H3,(H,12,13). The Kier molecular flexibility index (Phi) is 3.69. The lowest BCUT2D eigenvalue weighted by Gasteiger charge is -2.34. The van der Waals surface area contributed by atoms with Crippen LogP contribution >= 0.6 is 0 Å². The van der Waals surface area contributed by atoms with Crippen LogP contribution in [0.4, 0.5) is 0 Å². The maximum absolute atomic E-state index is 10.5. The van der Waals surface area contributed by atoms with Crippen molar-refractivity contribution in [3.8, 4) is 0 Å². The van der Waals surface area contributed by atoms with Gasteiger partial charge in [-0.25, -0.2) is 0 Å². The van der Waals surface area contributed by atoms with Gasteiger partial charge in [0, 0.05) is 6.04 Å². The second-order valence-electron chi connectivity index (χ2n) is 3.77. The van der Waals surface area contributed by atoms with Crippen molar-refractivity contribution < 1.29 is 9.90 Å². The van der Waals surface area contributed by atoms with Gasteiger partial charge < -0.3 is 16.2 Å². The molecule has 0 spiro atoms. The van der Waals surface area contributed by atoms with Crippen molar-refractivity contribution in [2.45, 2.75) is 37.8 Å². The first-order valence-electron chi connectivity index (χ1n) is 4.80. The molecule has 4 heteroatoms. The third kappa shape index (κ3) is 2.67. The number of nitrogens with two attached hydrogens (primary N) is 1. The number of hydrogen-bond donors (Lipinski definition) is 3. The number of hydrogen-bond acceptors (Lipinski definition) is 3. The smallest absolute Gasteiger partial charge is 0.320 e. The summed E-state index contributed by atoms with van der Waals surface area (Å²) in [6, 6.07) is -0.446. The summed E-state index contributed by atoms with van der Waals surface area (Å²) in [5.74, 6) is -0.269. The average Bonchev–Trinajstić information content (AvgIpc) is 1.99. The molecule has 0 aliphatic heterocycles. The third-order valence-electron chi connectivity index (χ3n) is 2.91. The highest BCUT2D eigenvalue weighted by Crippen LogP contribution is 2.31. The highest BCUT2D eigenvalue weighted by molar-refractivity contribution is 5.73. The quantitative estimate of drug-likeness (QED) is 0.572. The van der Waals surface area contributed by atoms with Crippen LogP contribution in [-0.4, -0.2) is 30.2 Å². The van der Waals surface area contributed by atoms with Crippen molar-refractivity contribution >= 4 is 5.97 Å². The lowest BCUT2D eigenvalue weighted by Crippen LogP contribution is -2.44. The van der Waals surface area contributed by atoms with Crippen molar-refractivity contribution in [3.63, 3.8) is 0 Å². The van der Waals surface area contributed by atoms with Gasteiger partial charge in [-0.3, -0.25) is 4.79 Å². The number of rotatable bonds is 5. The molecule has 0 heterocycles. The Morgan fingerprint density at radius 2 is 2.31 bits per heavy atom. The minimum atomic E-state index is -0.903. The van der Waals surface area contributed by atoms with Crippen LogP contribution in [0, 0.1) is 5.92 Å². The summed E-state index contributed by atoms with van der Waals surface area (Å²) in [5.41, 5.74) is 5.47. The Morgan fingerprint density at radius 1 is 1.69 bits per heavy atom. The number of nitrogens with one attached hydrogen (secondary N) is 1. The lowest BCUT2D eigenvalue weighted by atomic mass is 9.78. The fraction of sp³-hybridized carbons (Fsp3) is 0.889. The van der Waals surface area contributed by atoms with E-state index in [4.69, 9.17) is 10.8 Å². The van der Waals surface area contributed by atoms with E-state index in [-0.39, 0.29) is 6.04 Å². The van der Waals surface area contributed by atoms with Crippen LogP contribution in [-0.2, 0) is 4.79 Å². The minimum absolute atomic E-state index is 0.278. The SMILES string of the molecule is CNC(CC(N)C(=O)O)C1CCC1. The fourth-order valence-electron chi connectivity index (χ4n) is 1.76. The molecule has 0 aromatic carbocycles. The van der Waals surface area contributed by atoms with E-state index >= 15 is 0 Å². The van der Waals surface area contributed by atoms with E-state index in [1.54, 1.807) is 0 Å². The van der Waals surface area contributed by atoms with Gasteiger partial charge in [-0.15, -0.1) is 0 Å². The van der Waals surface area contributed by atoms with Crippen molar-refractivity contribution in [2.75, 3.05) is 7.05 Å². The normalized spacial score (nSPS) is 22.0. The summed E-state index contributed by atoms with van der Waals surface area (Å²) >= 11 is 0. The van der Waals surface area contributed by atoms with Gasteiger partial charge in [-0.2, -0.15) is 0 Å². The highest BCUT2D eigenvalue weighted by Gasteiger charge is 2.28. The van der Waals surface area contributed by atoms with Crippen LogP contribution in [0.2, 0.25) is 0 Å². The molecule has 1 fully saturated rings. The molecule has 4 N–H and O–H groups in total. The van der Waals surface area contributed by atoms with Gasteiger partial charge in [-0.1, -0.05) is 6.42 Å². The van der Waals surface area contributed by atoms with Gasteiger partial charge in [-0.05, 0) is 32.2 Å². The molecule has 2 atom stereocenters. The lowest BCUT2D eigenvalue weighted by molar-refractivity contribution is -0.138. The van der Waals surface area contributed by atoms with E-state index < -0.39 is 12.0 Å². The van der Waals surface area contributed by atoms with Crippen molar-refractivity contribution in [3.05, 3.63) is 0 Å². The summed E-state index contributed by atoms with van der Waals surface area (Å²) in [5, 5.41) is 11.8. The van der Waals surface area contributed by atoms with Crippen LogP contribution in [0.1, 0.15) is 25.7 Å². The molecule has 0 saturated heterocycles. The number of aliphatic carboxylic acids is 1. The van der Waals surface area contributed by atoms with Crippen LogP contribution in [0.5, 0.6) is 0 Å². The first kappa shape index (κ1) is 10.5. The summed E-state index contributed by atoms with van der Waals surface area (Å²) in [6.07, 6.45) is 4.22. The second-order valence-corrected chi connectivity index (χ2v) is 3.77. The second kappa shape index (κ2) is 4.58. The third-order valence-corrected chi connectivity index (χ3v) is 2.91. The molecule has 76 valence electrons. The van der Waals surface area contributed by atoms with Crippen LogP contribution in [0.3, 0.4) is 0 Å². The van der Waals surface area contributed by atoms with E-state index in [1.165, 1.54) is 19.3 Å². The summed E-state index contributed by atoms with van der Waals surface area (Å²) in [7, 11) is 1.87. The molecule has 1 rings (SSSR count). The van der Waals surface area contributed by atoms with Crippen molar-refractivity contribution in [1.82, 2.24) is 5.32 Å². The van der Waals surface area contributed by atoms with Crippen molar-refractivity contribution in [2.24, 2.45) is 11.7 Å². The van der Waals surface area contributed by atoms with Crippen molar-refractivity contribution in [1.29, 1.82) is 0 Å². The Balaban J connectivity index is 2.34. The predicted octanol–water partition coefficient (Wildman–Crippen LogP) is 0.177. The Bertz CT molecular complexity index is 180. The number of carboxylic acids is 1. The molecular weight excluding hydrogens is 168 g/mol. The molecule has 2 unspecified atom stereocenters. The van der Waals surface area contributed by atoms with Gasteiger partial charge in [0.05, 0.1) is 0 Å². The fourth-order valence-corrected chi connectivity index (χ4v) is 1.76. The Morgan fingerprint density at radius 3 is 2.62 bits per heavy atom. The number of carbonyl (C=O) groups is 1. The van der Waals surface area contributed by atoms with E-state index in [1.807, 2.05) is 7.05 Å². The molecule has 0 bridgehead atoms. The highest BCUT2D eigenvalue weighted by atomic mass is 16.4. The summed E-state index contributed by atoms with van der Waals surface area (Å²) < 4.78 is 0. The maximum Gasteiger partial charge on any atom is 0.320 e. The average molecular weight is 186 g/mol. The first-order valence-corrected chi connectivity index (χ1v) is 4.80. The Labute approximate surface area is 78.5 Å². The Hall–Kier alpha value is -0.610. The largest absolute Gasteiger partial charge is 0.480 e. The molecule has 1 aliphatic carbocycles. The van der Waals surface area contributed by atoms with Gasteiger partial charge in [0.2, 0.25) is 0 Å². The van der Waals surface area contributed by atoms with E-state index in [9.17, 15) is 4.79 Å². The minimum Gasteiger partial charge on any atom is -0.480 e. The van der Waals surface area contributed by atoms with Crippen LogP contribution in [0.25, 0.3) is 0 Å². The molecule has 0 aromatic rings.